The Balaban J connectivity index is 1.80. The predicted molar refractivity (Wildman–Crippen MR) is 81.2 cm³/mol. The summed E-state index contributed by atoms with van der Waals surface area (Å²) < 4.78 is 0. The van der Waals surface area contributed by atoms with Crippen molar-refractivity contribution in [2.75, 3.05) is 0 Å². The van der Waals surface area contributed by atoms with Crippen molar-refractivity contribution in [2.24, 2.45) is 0 Å². The molecule has 0 saturated heterocycles. The normalized spacial score (nSPS) is 14.3. The average molecular weight is 268 g/mol. The van der Waals surface area contributed by atoms with Crippen LogP contribution in [0.4, 0.5) is 0 Å². The van der Waals surface area contributed by atoms with Crippen LogP contribution in [0.5, 0.6) is 0 Å². The summed E-state index contributed by atoms with van der Waals surface area (Å²) in [5, 5.41) is 20.0. The number of rotatable bonds is 6. The molecule has 20 heavy (non-hydrogen) atoms. The van der Waals surface area contributed by atoms with Crippen LogP contribution < -0.4 is 0 Å². The first-order valence-corrected chi connectivity index (χ1v) is 6.88. The quantitative estimate of drug-likeness (QED) is 0.782. The average Bonchev–Trinajstić information content (AvgIpc) is 2.53. The zero-order chi connectivity index (χ0) is 14.2. The first kappa shape index (κ1) is 14.5. The standard InChI is InChI=1S/C18H20O2/c19-17(15-9-3-1-4-10-15)13-7-8-14-18(20)16-11-5-2-6-12-16/h1-12,17-20H,13-14H2/b8-7+. The molecular weight excluding hydrogens is 248 g/mol. The molecule has 0 aliphatic rings. The number of aliphatic hydroxyl groups excluding tert-OH is 2. The molecule has 0 bridgehead atoms. The SMILES string of the molecule is OC(C/C=C/CC(O)c1ccccc1)c1ccccc1. The van der Waals surface area contributed by atoms with Crippen molar-refractivity contribution in [3.05, 3.63) is 83.9 Å². The highest BCUT2D eigenvalue weighted by atomic mass is 16.3. The molecule has 0 aliphatic carbocycles. The summed E-state index contributed by atoms with van der Waals surface area (Å²) >= 11 is 0. The minimum absolute atomic E-state index is 0.485. The third kappa shape index (κ3) is 4.34. The van der Waals surface area contributed by atoms with Gasteiger partial charge in [0.1, 0.15) is 0 Å². The van der Waals surface area contributed by atoms with E-state index in [0.29, 0.717) is 12.8 Å². The highest BCUT2D eigenvalue weighted by Gasteiger charge is 2.05. The van der Waals surface area contributed by atoms with Gasteiger partial charge in [-0.1, -0.05) is 72.8 Å². The number of benzene rings is 2. The summed E-state index contributed by atoms with van der Waals surface area (Å²) in [5.41, 5.74) is 1.83. The molecule has 0 aromatic heterocycles. The summed E-state index contributed by atoms with van der Waals surface area (Å²) in [5.74, 6) is 0. The van der Waals surface area contributed by atoms with Crippen LogP contribution in [-0.2, 0) is 0 Å². The molecule has 104 valence electrons. The van der Waals surface area contributed by atoms with Crippen molar-refractivity contribution in [3.8, 4) is 0 Å². The van der Waals surface area contributed by atoms with Crippen molar-refractivity contribution in [1.29, 1.82) is 0 Å². The second kappa shape index (κ2) is 7.63. The highest BCUT2D eigenvalue weighted by Crippen LogP contribution is 2.19. The largest absolute Gasteiger partial charge is 0.388 e. The highest BCUT2D eigenvalue weighted by molar-refractivity contribution is 5.19. The lowest BCUT2D eigenvalue weighted by molar-refractivity contribution is 0.177. The molecule has 2 rings (SSSR count). The van der Waals surface area contributed by atoms with Crippen LogP contribution in [-0.4, -0.2) is 10.2 Å². The van der Waals surface area contributed by atoms with Crippen LogP contribution in [0.25, 0.3) is 0 Å². The van der Waals surface area contributed by atoms with Gasteiger partial charge in [-0.2, -0.15) is 0 Å². The lowest BCUT2D eigenvalue weighted by Crippen LogP contribution is -1.96. The minimum Gasteiger partial charge on any atom is -0.388 e. The second-order valence-electron chi connectivity index (χ2n) is 4.80. The molecule has 0 heterocycles. The number of aliphatic hydroxyl groups is 2. The Bertz CT molecular complexity index is 470. The minimum atomic E-state index is -0.485. The van der Waals surface area contributed by atoms with Gasteiger partial charge in [0, 0.05) is 0 Å². The van der Waals surface area contributed by atoms with E-state index in [2.05, 4.69) is 0 Å². The number of hydrogen-bond donors (Lipinski definition) is 2. The molecular formula is C18H20O2. The summed E-state index contributed by atoms with van der Waals surface area (Å²) in [4.78, 5) is 0. The van der Waals surface area contributed by atoms with E-state index in [1.807, 2.05) is 72.8 Å². The van der Waals surface area contributed by atoms with E-state index in [9.17, 15) is 10.2 Å². The van der Waals surface area contributed by atoms with Gasteiger partial charge in [-0.05, 0) is 24.0 Å². The molecule has 2 nitrogen and oxygen atoms in total. The maximum absolute atomic E-state index is 9.99. The fraction of sp³-hybridized carbons (Fsp3) is 0.222. The fourth-order valence-electron chi connectivity index (χ4n) is 2.07. The smallest absolute Gasteiger partial charge is 0.0824 e. The molecule has 0 spiro atoms. The van der Waals surface area contributed by atoms with Crippen LogP contribution in [0.3, 0.4) is 0 Å². The van der Waals surface area contributed by atoms with Crippen LogP contribution in [0.2, 0.25) is 0 Å². The Morgan fingerprint density at radius 1 is 0.650 bits per heavy atom. The van der Waals surface area contributed by atoms with E-state index in [-0.39, 0.29) is 0 Å². The van der Waals surface area contributed by atoms with E-state index in [0.717, 1.165) is 11.1 Å². The third-order valence-corrected chi connectivity index (χ3v) is 3.25. The zero-order valence-electron chi connectivity index (χ0n) is 11.4. The third-order valence-electron chi connectivity index (χ3n) is 3.25. The van der Waals surface area contributed by atoms with Crippen molar-refractivity contribution in [3.63, 3.8) is 0 Å². The van der Waals surface area contributed by atoms with Gasteiger partial charge in [-0.3, -0.25) is 0 Å². The monoisotopic (exact) mass is 268 g/mol. The maximum atomic E-state index is 9.99. The molecule has 0 saturated carbocycles. The Morgan fingerprint density at radius 2 is 1.00 bits per heavy atom. The van der Waals surface area contributed by atoms with Crippen LogP contribution >= 0.6 is 0 Å². The Morgan fingerprint density at radius 3 is 1.35 bits per heavy atom. The molecule has 0 radical (unpaired) electrons. The van der Waals surface area contributed by atoms with Crippen molar-refractivity contribution in [2.45, 2.75) is 25.0 Å². The molecule has 0 amide bonds. The molecule has 2 aromatic carbocycles. The first-order chi connectivity index (χ1) is 9.77. The van der Waals surface area contributed by atoms with Crippen molar-refractivity contribution >= 4 is 0 Å². The topological polar surface area (TPSA) is 40.5 Å². The van der Waals surface area contributed by atoms with Gasteiger partial charge in [0.15, 0.2) is 0 Å². The second-order valence-corrected chi connectivity index (χ2v) is 4.80. The lowest BCUT2D eigenvalue weighted by atomic mass is 10.0. The maximum Gasteiger partial charge on any atom is 0.0824 e. The van der Waals surface area contributed by atoms with E-state index in [1.165, 1.54) is 0 Å². The molecule has 0 fully saturated rings. The van der Waals surface area contributed by atoms with Crippen LogP contribution in [0.1, 0.15) is 36.2 Å². The van der Waals surface area contributed by atoms with Gasteiger partial charge < -0.3 is 10.2 Å². The van der Waals surface area contributed by atoms with Crippen LogP contribution in [0.15, 0.2) is 72.8 Å². The summed E-state index contributed by atoms with van der Waals surface area (Å²) in [6.45, 7) is 0. The van der Waals surface area contributed by atoms with Gasteiger partial charge in [0.2, 0.25) is 0 Å². The fourth-order valence-corrected chi connectivity index (χ4v) is 2.07. The lowest BCUT2D eigenvalue weighted by Gasteiger charge is -2.09. The molecule has 0 aliphatic heterocycles. The zero-order valence-corrected chi connectivity index (χ0v) is 11.4. The summed E-state index contributed by atoms with van der Waals surface area (Å²) in [7, 11) is 0. The van der Waals surface area contributed by atoms with Gasteiger partial charge in [0.25, 0.3) is 0 Å². The molecule has 2 unspecified atom stereocenters. The van der Waals surface area contributed by atoms with Crippen molar-refractivity contribution < 1.29 is 10.2 Å². The molecule has 2 heteroatoms. The van der Waals surface area contributed by atoms with Crippen molar-refractivity contribution in [1.82, 2.24) is 0 Å². The van der Waals surface area contributed by atoms with E-state index < -0.39 is 12.2 Å². The van der Waals surface area contributed by atoms with E-state index >= 15 is 0 Å². The molecule has 2 atom stereocenters. The van der Waals surface area contributed by atoms with Gasteiger partial charge in [-0.25, -0.2) is 0 Å². The van der Waals surface area contributed by atoms with E-state index in [1.54, 1.807) is 0 Å². The Hall–Kier alpha value is -1.90. The van der Waals surface area contributed by atoms with Gasteiger partial charge >= 0.3 is 0 Å². The number of hydrogen-bond acceptors (Lipinski definition) is 2. The predicted octanol–water partition coefficient (Wildman–Crippen LogP) is 3.79. The van der Waals surface area contributed by atoms with Crippen LogP contribution in [0, 0.1) is 0 Å². The Labute approximate surface area is 120 Å². The Kier molecular flexibility index (Phi) is 5.54. The van der Waals surface area contributed by atoms with E-state index in [4.69, 9.17) is 0 Å². The summed E-state index contributed by atoms with van der Waals surface area (Å²) in [6.07, 6.45) is 3.99. The molecule has 2 N–H and O–H groups in total. The summed E-state index contributed by atoms with van der Waals surface area (Å²) in [6, 6.07) is 19.2. The van der Waals surface area contributed by atoms with Gasteiger partial charge in [0.05, 0.1) is 12.2 Å². The first-order valence-electron chi connectivity index (χ1n) is 6.88. The van der Waals surface area contributed by atoms with Gasteiger partial charge in [-0.15, -0.1) is 0 Å². The molecule has 2 aromatic rings.